The molecule has 0 aliphatic carbocycles. The lowest BCUT2D eigenvalue weighted by molar-refractivity contribution is 0.617. The molecular formula is C24H24Br2. The molecule has 134 valence electrons. The van der Waals surface area contributed by atoms with Crippen molar-refractivity contribution in [1.29, 1.82) is 0 Å². The molecular weight excluding hydrogens is 448 g/mol. The SMILES string of the molecule is CC(C)(c1ccc(Br)cc1)c1cccc(C(C)(C)c2ccc(Br)cc2)c1. The van der Waals surface area contributed by atoms with Gasteiger partial charge in [0.05, 0.1) is 0 Å². The second kappa shape index (κ2) is 7.32. The maximum absolute atomic E-state index is 3.53. The lowest BCUT2D eigenvalue weighted by Gasteiger charge is -2.31. The van der Waals surface area contributed by atoms with E-state index in [1.54, 1.807) is 0 Å². The lowest BCUT2D eigenvalue weighted by atomic mass is 9.73. The Balaban J connectivity index is 2.02. The van der Waals surface area contributed by atoms with Crippen LogP contribution in [-0.4, -0.2) is 0 Å². The molecule has 0 nitrogen and oxygen atoms in total. The van der Waals surface area contributed by atoms with E-state index in [0.717, 1.165) is 8.95 Å². The molecule has 0 atom stereocenters. The largest absolute Gasteiger partial charge is 0.0617 e. The van der Waals surface area contributed by atoms with Crippen LogP contribution in [0.2, 0.25) is 0 Å². The average Bonchev–Trinajstić information content (AvgIpc) is 2.62. The van der Waals surface area contributed by atoms with Crippen LogP contribution in [0.4, 0.5) is 0 Å². The first kappa shape index (κ1) is 19.4. The standard InChI is InChI=1S/C24H24Br2/c1-23(2,17-8-12-21(25)13-9-17)19-6-5-7-20(16-19)24(3,4)18-10-14-22(26)15-11-18/h5-16H,1-4H3. The fraction of sp³-hybridized carbons (Fsp3) is 0.250. The summed E-state index contributed by atoms with van der Waals surface area (Å²) in [6.45, 7) is 9.17. The van der Waals surface area contributed by atoms with Gasteiger partial charge in [-0.2, -0.15) is 0 Å². The summed E-state index contributed by atoms with van der Waals surface area (Å²) >= 11 is 7.07. The van der Waals surface area contributed by atoms with Gasteiger partial charge < -0.3 is 0 Å². The van der Waals surface area contributed by atoms with Crippen LogP contribution in [0, 0.1) is 0 Å². The van der Waals surface area contributed by atoms with Gasteiger partial charge in [0.1, 0.15) is 0 Å². The molecule has 0 radical (unpaired) electrons. The van der Waals surface area contributed by atoms with Crippen molar-refractivity contribution in [3.63, 3.8) is 0 Å². The summed E-state index contributed by atoms with van der Waals surface area (Å²) in [7, 11) is 0. The molecule has 0 N–H and O–H groups in total. The number of benzene rings is 3. The molecule has 2 heteroatoms. The molecule has 0 saturated heterocycles. The topological polar surface area (TPSA) is 0 Å². The van der Waals surface area contributed by atoms with E-state index in [9.17, 15) is 0 Å². The highest BCUT2D eigenvalue weighted by molar-refractivity contribution is 9.10. The molecule has 3 aromatic carbocycles. The van der Waals surface area contributed by atoms with Gasteiger partial charge in [-0.1, -0.05) is 108 Å². The van der Waals surface area contributed by atoms with Gasteiger partial charge in [-0.05, 0) is 46.5 Å². The second-order valence-corrected chi connectivity index (χ2v) is 9.68. The molecule has 0 amide bonds. The van der Waals surface area contributed by atoms with Crippen LogP contribution in [0.1, 0.15) is 49.9 Å². The Kier molecular flexibility index (Phi) is 5.46. The van der Waals surface area contributed by atoms with Crippen molar-refractivity contribution in [2.75, 3.05) is 0 Å². The Labute approximate surface area is 173 Å². The molecule has 0 aliphatic heterocycles. The molecule has 0 unspecified atom stereocenters. The number of hydrogen-bond acceptors (Lipinski definition) is 0. The highest BCUT2D eigenvalue weighted by Crippen LogP contribution is 2.37. The highest BCUT2D eigenvalue weighted by atomic mass is 79.9. The minimum atomic E-state index is -0.0491. The number of hydrogen-bond donors (Lipinski definition) is 0. The Morgan fingerprint density at radius 2 is 0.846 bits per heavy atom. The van der Waals surface area contributed by atoms with Gasteiger partial charge in [0.2, 0.25) is 0 Å². The van der Waals surface area contributed by atoms with Gasteiger partial charge in [0, 0.05) is 19.8 Å². The van der Waals surface area contributed by atoms with E-state index >= 15 is 0 Å². The normalized spacial score (nSPS) is 12.2. The predicted molar refractivity (Wildman–Crippen MR) is 119 cm³/mol. The molecule has 0 spiro atoms. The maximum Gasteiger partial charge on any atom is 0.0175 e. The lowest BCUT2D eigenvalue weighted by Crippen LogP contribution is -2.22. The average molecular weight is 472 g/mol. The summed E-state index contributed by atoms with van der Waals surface area (Å²) in [5.41, 5.74) is 5.21. The molecule has 0 aliphatic rings. The predicted octanol–water partition coefficient (Wildman–Crippen LogP) is 7.86. The zero-order valence-electron chi connectivity index (χ0n) is 15.7. The van der Waals surface area contributed by atoms with Crippen LogP contribution in [0.5, 0.6) is 0 Å². The van der Waals surface area contributed by atoms with Crippen molar-refractivity contribution in [1.82, 2.24) is 0 Å². The quantitative estimate of drug-likeness (QED) is 0.363. The van der Waals surface area contributed by atoms with Gasteiger partial charge >= 0.3 is 0 Å². The smallest absolute Gasteiger partial charge is 0.0175 e. The third-order valence-corrected chi connectivity index (χ3v) is 6.50. The molecule has 0 saturated carbocycles. The Bertz CT molecular complexity index is 816. The third-order valence-electron chi connectivity index (χ3n) is 5.44. The van der Waals surface area contributed by atoms with E-state index in [-0.39, 0.29) is 10.8 Å². The molecule has 3 rings (SSSR count). The van der Waals surface area contributed by atoms with Gasteiger partial charge in [0.15, 0.2) is 0 Å². The van der Waals surface area contributed by atoms with E-state index in [1.807, 2.05) is 0 Å². The van der Waals surface area contributed by atoms with E-state index in [4.69, 9.17) is 0 Å². The van der Waals surface area contributed by atoms with Gasteiger partial charge in [-0.15, -0.1) is 0 Å². The van der Waals surface area contributed by atoms with Crippen molar-refractivity contribution >= 4 is 31.9 Å². The van der Waals surface area contributed by atoms with E-state index < -0.39 is 0 Å². The highest BCUT2D eigenvalue weighted by Gasteiger charge is 2.27. The molecule has 0 bridgehead atoms. The minimum Gasteiger partial charge on any atom is -0.0617 e. The number of rotatable bonds is 4. The van der Waals surface area contributed by atoms with Gasteiger partial charge in [0.25, 0.3) is 0 Å². The van der Waals surface area contributed by atoms with Crippen molar-refractivity contribution in [3.8, 4) is 0 Å². The van der Waals surface area contributed by atoms with Gasteiger partial charge in [-0.25, -0.2) is 0 Å². The zero-order chi connectivity index (χ0) is 18.9. The molecule has 0 heterocycles. The van der Waals surface area contributed by atoms with E-state index in [1.165, 1.54) is 22.3 Å². The van der Waals surface area contributed by atoms with Crippen molar-refractivity contribution in [2.24, 2.45) is 0 Å². The minimum absolute atomic E-state index is 0.0491. The summed E-state index contributed by atoms with van der Waals surface area (Å²) in [6.07, 6.45) is 0. The fourth-order valence-electron chi connectivity index (χ4n) is 3.36. The van der Waals surface area contributed by atoms with E-state index in [2.05, 4.69) is 132 Å². The number of halogens is 2. The third kappa shape index (κ3) is 3.82. The Morgan fingerprint density at radius 1 is 0.500 bits per heavy atom. The van der Waals surface area contributed by atoms with Crippen molar-refractivity contribution in [3.05, 3.63) is 104 Å². The van der Waals surface area contributed by atoms with Crippen LogP contribution in [0.25, 0.3) is 0 Å². The summed E-state index contributed by atoms with van der Waals surface area (Å²) in [5.74, 6) is 0. The first-order chi connectivity index (χ1) is 12.2. The van der Waals surface area contributed by atoms with Crippen LogP contribution < -0.4 is 0 Å². The zero-order valence-corrected chi connectivity index (χ0v) is 18.9. The second-order valence-electron chi connectivity index (χ2n) is 7.84. The van der Waals surface area contributed by atoms with Crippen LogP contribution >= 0.6 is 31.9 Å². The first-order valence-electron chi connectivity index (χ1n) is 8.84. The van der Waals surface area contributed by atoms with Crippen LogP contribution in [0.15, 0.2) is 81.7 Å². The first-order valence-corrected chi connectivity index (χ1v) is 10.4. The van der Waals surface area contributed by atoms with Crippen molar-refractivity contribution < 1.29 is 0 Å². The summed E-state index contributed by atoms with van der Waals surface area (Å²) in [5, 5.41) is 0. The maximum atomic E-state index is 3.53. The fourth-order valence-corrected chi connectivity index (χ4v) is 3.89. The van der Waals surface area contributed by atoms with Crippen LogP contribution in [-0.2, 0) is 10.8 Å². The summed E-state index contributed by atoms with van der Waals surface area (Å²) in [6, 6.07) is 26.3. The molecule has 26 heavy (non-hydrogen) atoms. The van der Waals surface area contributed by atoms with E-state index in [0.29, 0.717) is 0 Å². The van der Waals surface area contributed by atoms with Crippen LogP contribution in [0.3, 0.4) is 0 Å². The Hall–Kier alpha value is -1.38. The van der Waals surface area contributed by atoms with Gasteiger partial charge in [-0.3, -0.25) is 0 Å². The monoisotopic (exact) mass is 470 g/mol. The summed E-state index contributed by atoms with van der Waals surface area (Å²) < 4.78 is 2.23. The van der Waals surface area contributed by atoms with Crippen molar-refractivity contribution in [2.45, 2.75) is 38.5 Å². The summed E-state index contributed by atoms with van der Waals surface area (Å²) in [4.78, 5) is 0. The Morgan fingerprint density at radius 3 is 1.19 bits per heavy atom. The molecule has 3 aromatic rings. The molecule has 0 fully saturated rings. The molecule has 0 aromatic heterocycles.